The Balaban J connectivity index is 1.27. The summed E-state index contributed by atoms with van der Waals surface area (Å²) in [6, 6.07) is 19.0. The van der Waals surface area contributed by atoms with Crippen molar-refractivity contribution in [1.82, 2.24) is 29.6 Å². The van der Waals surface area contributed by atoms with Gasteiger partial charge in [-0.25, -0.2) is 4.79 Å². The van der Waals surface area contributed by atoms with Crippen LogP contribution >= 0.6 is 23.4 Å². The number of rotatable bonds is 8. The summed E-state index contributed by atoms with van der Waals surface area (Å²) < 4.78 is 1.82. The van der Waals surface area contributed by atoms with Gasteiger partial charge in [0.15, 0.2) is 5.16 Å². The first-order valence-corrected chi connectivity index (χ1v) is 13.8. The first kappa shape index (κ1) is 26.0. The molecule has 38 heavy (non-hydrogen) atoms. The largest absolute Gasteiger partial charge is 0.342 e. The number of likely N-dealkylation sites (tertiary alicyclic amines) is 1. The molecular weight excluding hydrogens is 524 g/mol. The first-order chi connectivity index (χ1) is 18.4. The summed E-state index contributed by atoms with van der Waals surface area (Å²) in [5.74, 6) is 1.41. The van der Waals surface area contributed by atoms with Crippen molar-refractivity contribution in [2.75, 3.05) is 18.8 Å². The summed E-state index contributed by atoms with van der Waals surface area (Å²) in [5.41, 5.74) is 1.44. The molecule has 1 fully saturated rings. The van der Waals surface area contributed by atoms with E-state index in [1.165, 1.54) is 23.4 Å². The third-order valence-electron chi connectivity index (χ3n) is 6.61. The number of benzene rings is 2. The average molecular weight is 551 g/mol. The average Bonchev–Trinajstić information content (AvgIpc) is 3.30. The van der Waals surface area contributed by atoms with E-state index in [2.05, 4.69) is 44.4 Å². The number of carbonyl (C=O) groups excluding carboxylic acids is 1. The van der Waals surface area contributed by atoms with Crippen LogP contribution in [0.1, 0.15) is 29.9 Å². The van der Waals surface area contributed by atoms with Crippen LogP contribution in [0.2, 0.25) is 5.02 Å². The van der Waals surface area contributed by atoms with E-state index in [1.807, 2.05) is 27.7 Å². The van der Waals surface area contributed by atoms with E-state index in [0.29, 0.717) is 27.6 Å². The lowest BCUT2D eigenvalue weighted by Gasteiger charge is -2.32. The number of hydrogen-bond acceptors (Lipinski definition) is 6. The molecule has 1 saturated heterocycles. The third kappa shape index (κ3) is 6.43. The molecule has 11 heteroatoms. The van der Waals surface area contributed by atoms with Crippen LogP contribution in [0.4, 0.5) is 0 Å². The Kier molecular flexibility index (Phi) is 8.09. The number of halogens is 1. The highest BCUT2D eigenvalue weighted by Gasteiger charge is 2.24. The number of nitrogens with one attached hydrogen (secondary N) is 2. The molecule has 1 amide bonds. The minimum absolute atomic E-state index is 0.0688. The molecule has 3 heterocycles. The predicted molar refractivity (Wildman–Crippen MR) is 147 cm³/mol. The summed E-state index contributed by atoms with van der Waals surface area (Å²) in [6.45, 7) is 1.50. The maximum atomic E-state index is 13.1. The van der Waals surface area contributed by atoms with Crippen LogP contribution in [0, 0.1) is 5.92 Å². The van der Waals surface area contributed by atoms with Gasteiger partial charge in [0.2, 0.25) is 5.91 Å². The molecule has 0 radical (unpaired) electrons. The van der Waals surface area contributed by atoms with Gasteiger partial charge in [0.05, 0.1) is 5.75 Å². The molecule has 2 aromatic carbocycles. The minimum Gasteiger partial charge on any atom is -0.342 e. The fourth-order valence-corrected chi connectivity index (χ4v) is 5.69. The highest BCUT2D eigenvalue weighted by molar-refractivity contribution is 7.99. The normalized spacial score (nSPS) is 14.1. The molecule has 0 spiro atoms. The van der Waals surface area contributed by atoms with E-state index in [-0.39, 0.29) is 18.1 Å². The number of piperidine rings is 1. The second kappa shape index (κ2) is 11.8. The molecule has 4 aromatic rings. The number of amides is 1. The SMILES string of the molecule is O=C(CSc1nnc(Cc2cc(=O)[nH]c(=O)[nH]2)n1-c1ccc(Cl)cc1)N1CCC(Cc2ccccc2)CC1. The summed E-state index contributed by atoms with van der Waals surface area (Å²) in [7, 11) is 0. The highest BCUT2D eigenvalue weighted by Crippen LogP contribution is 2.26. The summed E-state index contributed by atoms with van der Waals surface area (Å²) in [4.78, 5) is 43.3. The molecule has 5 rings (SSSR count). The topological polar surface area (TPSA) is 117 Å². The summed E-state index contributed by atoms with van der Waals surface area (Å²) in [6.07, 6.45) is 3.21. The molecule has 0 aliphatic carbocycles. The van der Waals surface area contributed by atoms with Gasteiger partial charge in [-0.3, -0.25) is 19.1 Å². The van der Waals surface area contributed by atoms with Crippen molar-refractivity contribution in [2.45, 2.75) is 30.8 Å². The van der Waals surface area contributed by atoms with E-state index >= 15 is 0 Å². The zero-order chi connectivity index (χ0) is 26.5. The first-order valence-electron chi connectivity index (χ1n) is 12.4. The lowest BCUT2D eigenvalue weighted by Crippen LogP contribution is -2.39. The Hall–Kier alpha value is -3.63. The smallest absolute Gasteiger partial charge is 0.325 e. The molecule has 0 atom stereocenters. The number of thioether (sulfide) groups is 1. The second-order valence-corrected chi connectivity index (χ2v) is 10.7. The second-order valence-electron chi connectivity index (χ2n) is 9.30. The Labute approximate surface area is 228 Å². The van der Waals surface area contributed by atoms with Crippen LogP contribution < -0.4 is 11.2 Å². The standard InChI is InChI=1S/C27H27ClN6O3S/c28-20-6-8-22(9-7-20)34-23(15-21-16-24(35)30-26(37)29-21)31-32-27(34)38-17-25(36)33-12-10-19(11-13-33)14-18-4-2-1-3-5-18/h1-9,16,19H,10-15,17H2,(H2,29,30,35,37). The molecule has 1 aliphatic heterocycles. The Morgan fingerprint density at radius 1 is 1.00 bits per heavy atom. The number of carbonyl (C=O) groups is 1. The zero-order valence-corrected chi connectivity index (χ0v) is 22.2. The van der Waals surface area contributed by atoms with E-state index in [0.717, 1.165) is 38.0 Å². The lowest BCUT2D eigenvalue weighted by atomic mass is 9.90. The van der Waals surface area contributed by atoms with Crippen molar-refractivity contribution in [1.29, 1.82) is 0 Å². The molecule has 0 saturated carbocycles. The van der Waals surface area contributed by atoms with Crippen molar-refractivity contribution in [3.63, 3.8) is 0 Å². The van der Waals surface area contributed by atoms with Gasteiger partial charge in [-0.15, -0.1) is 10.2 Å². The van der Waals surface area contributed by atoms with Gasteiger partial charge in [-0.1, -0.05) is 53.7 Å². The molecule has 0 unspecified atom stereocenters. The van der Waals surface area contributed by atoms with Crippen LogP contribution in [0.25, 0.3) is 5.69 Å². The molecule has 196 valence electrons. The van der Waals surface area contributed by atoms with Gasteiger partial charge in [-0.05, 0) is 55.0 Å². The molecule has 1 aliphatic rings. The molecule has 2 aromatic heterocycles. The van der Waals surface area contributed by atoms with Gasteiger partial charge in [-0.2, -0.15) is 0 Å². The third-order valence-corrected chi connectivity index (χ3v) is 7.77. The van der Waals surface area contributed by atoms with Crippen LogP contribution in [0.3, 0.4) is 0 Å². The number of aromatic nitrogens is 5. The minimum atomic E-state index is -0.585. The van der Waals surface area contributed by atoms with Crippen molar-refractivity contribution < 1.29 is 4.79 Å². The van der Waals surface area contributed by atoms with E-state index in [4.69, 9.17) is 11.6 Å². The van der Waals surface area contributed by atoms with Gasteiger partial charge in [0.1, 0.15) is 5.82 Å². The Morgan fingerprint density at radius 3 is 2.45 bits per heavy atom. The maximum Gasteiger partial charge on any atom is 0.325 e. The van der Waals surface area contributed by atoms with Gasteiger partial charge in [0.25, 0.3) is 5.56 Å². The monoisotopic (exact) mass is 550 g/mol. The molecular formula is C27H27ClN6O3S. The van der Waals surface area contributed by atoms with Crippen molar-refractivity contribution >= 4 is 29.3 Å². The van der Waals surface area contributed by atoms with Crippen LogP contribution in [-0.2, 0) is 17.6 Å². The van der Waals surface area contributed by atoms with Crippen LogP contribution in [-0.4, -0.2) is 54.4 Å². The van der Waals surface area contributed by atoms with Crippen LogP contribution in [0.5, 0.6) is 0 Å². The Morgan fingerprint density at radius 2 is 1.74 bits per heavy atom. The van der Waals surface area contributed by atoms with E-state index in [1.54, 1.807) is 12.1 Å². The number of hydrogen-bond donors (Lipinski definition) is 2. The van der Waals surface area contributed by atoms with E-state index < -0.39 is 11.2 Å². The van der Waals surface area contributed by atoms with Crippen molar-refractivity contribution in [3.05, 3.63) is 104 Å². The number of aromatic amines is 2. The quantitative estimate of drug-likeness (QED) is 0.324. The van der Waals surface area contributed by atoms with Crippen molar-refractivity contribution in [2.24, 2.45) is 5.92 Å². The van der Waals surface area contributed by atoms with Gasteiger partial charge in [0, 0.05) is 42.0 Å². The maximum absolute atomic E-state index is 13.1. The predicted octanol–water partition coefficient (Wildman–Crippen LogP) is 3.46. The highest BCUT2D eigenvalue weighted by atomic mass is 35.5. The van der Waals surface area contributed by atoms with Gasteiger partial charge < -0.3 is 9.88 Å². The Bertz CT molecular complexity index is 1480. The molecule has 2 N–H and O–H groups in total. The van der Waals surface area contributed by atoms with E-state index in [9.17, 15) is 14.4 Å². The number of nitrogens with zero attached hydrogens (tertiary/aromatic N) is 4. The van der Waals surface area contributed by atoms with Gasteiger partial charge >= 0.3 is 5.69 Å². The molecule has 0 bridgehead atoms. The molecule has 9 nitrogen and oxygen atoms in total. The number of H-pyrrole nitrogens is 2. The van der Waals surface area contributed by atoms with Crippen LogP contribution in [0.15, 0.2) is 75.4 Å². The lowest BCUT2D eigenvalue weighted by molar-refractivity contribution is -0.129. The summed E-state index contributed by atoms with van der Waals surface area (Å²) >= 11 is 7.40. The van der Waals surface area contributed by atoms with Crippen molar-refractivity contribution in [3.8, 4) is 5.69 Å². The summed E-state index contributed by atoms with van der Waals surface area (Å²) in [5, 5.41) is 9.76. The zero-order valence-electron chi connectivity index (χ0n) is 20.6. The fraction of sp³-hybridized carbons (Fsp3) is 0.296. The fourth-order valence-electron chi connectivity index (χ4n) is 4.69.